The summed E-state index contributed by atoms with van der Waals surface area (Å²) in [6.45, 7) is 8.63. The summed E-state index contributed by atoms with van der Waals surface area (Å²) in [5, 5.41) is 3.41. The van der Waals surface area contributed by atoms with Crippen molar-refractivity contribution in [2.75, 3.05) is 39.3 Å². The third-order valence-electron chi connectivity index (χ3n) is 5.94. The van der Waals surface area contributed by atoms with Gasteiger partial charge < -0.3 is 10.2 Å². The van der Waals surface area contributed by atoms with Crippen LogP contribution in [0.4, 0.5) is 0 Å². The average molecular weight is 293 g/mol. The number of rotatable bonds is 4. The quantitative estimate of drug-likeness (QED) is 0.857. The average Bonchev–Trinajstić information content (AvgIpc) is 2.47. The number of nitrogens with zero attached hydrogens (tertiary/aromatic N) is 2. The molecule has 0 bridgehead atoms. The van der Waals surface area contributed by atoms with Gasteiger partial charge in [0.25, 0.3) is 0 Å². The van der Waals surface area contributed by atoms with Gasteiger partial charge in [-0.2, -0.15) is 0 Å². The molecule has 1 amide bonds. The lowest BCUT2D eigenvalue weighted by Crippen LogP contribution is -2.53. The maximum absolute atomic E-state index is 12.5. The van der Waals surface area contributed by atoms with E-state index in [1.165, 1.54) is 32.1 Å². The van der Waals surface area contributed by atoms with Crippen LogP contribution in [0.25, 0.3) is 0 Å². The van der Waals surface area contributed by atoms with Gasteiger partial charge in [0, 0.05) is 38.6 Å². The van der Waals surface area contributed by atoms with Crippen LogP contribution < -0.4 is 5.32 Å². The number of amides is 1. The molecule has 0 radical (unpaired) electrons. The molecule has 4 nitrogen and oxygen atoms in total. The predicted molar refractivity (Wildman–Crippen MR) is 85.2 cm³/mol. The van der Waals surface area contributed by atoms with Crippen LogP contribution in [0.1, 0.15) is 45.4 Å². The lowest BCUT2D eigenvalue weighted by Gasteiger charge is -2.43. The summed E-state index contributed by atoms with van der Waals surface area (Å²) in [6.07, 6.45) is 7.39. The first-order valence-electron chi connectivity index (χ1n) is 8.96. The summed E-state index contributed by atoms with van der Waals surface area (Å²) in [6, 6.07) is 0.830. The minimum absolute atomic E-state index is 0.397. The molecule has 21 heavy (non-hydrogen) atoms. The second-order valence-corrected chi connectivity index (χ2v) is 7.27. The molecule has 3 rings (SSSR count). The van der Waals surface area contributed by atoms with Crippen molar-refractivity contribution in [3.63, 3.8) is 0 Å². The van der Waals surface area contributed by atoms with Crippen molar-refractivity contribution in [3.8, 4) is 0 Å². The Bertz CT molecular complexity index is 342. The van der Waals surface area contributed by atoms with Gasteiger partial charge in [0.15, 0.2) is 0 Å². The van der Waals surface area contributed by atoms with Crippen LogP contribution in [0.3, 0.4) is 0 Å². The lowest BCUT2D eigenvalue weighted by atomic mass is 9.84. The van der Waals surface area contributed by atoms with Crippen LogP contribution in [-0.2, 0) is 4.79 Å². The molecule has 1 aliphatic carbocycles. The number of piperidine rings is 1. The van der Waals surface area contributed by atoms with Gasteiger partial charge in [0.2, 0.25) is 5.91 Å². The maximum atomic E-state index is 12.5. The van der Waals surface area contributed by atoms with E-state index in [2.05, 4.69) is 22.0 Å². The molecule has 2 heterocycles. The van der Waals surface area contributed by atoms with Crippen LogP contribution in [0.2, 0.25) is 0 Å². The van der Waals surface area contributed by atoms with Gasteiger partial charge in [-0.25, -0.2) is 0 Å². The fourth-order valence-electron chi connectivity index (χ4n) is 4.07. The zero-order valence-electron chi connectivity index (χ0n) is 13.5. The second kappa shape index (κ2) is 7.10. The first-order chi connectivity index (χ1) is 10.2. The molecule has 0 aromatic heterocycles. The van der Waals surface area contributed by atoms with E-state index in [4.69, 9.17) is 0 Å². The molecular formula is C17H31N3O. The molecule has 1 atom stereocenters. The summed E-state index contributed by atoms with van der Waals surface area (Å²) in [4.78, 5) is 17.2. The van der Waals surface area contributed by atoms with Gasteiger partial charge in [-0.05, 0) is 50.6 Å². The Morgan fingerprint density at radius 1 is 1.10 bits per heavy atom. The second-order valence-electron chi connectivity index (χ2n) is 7.27. The normalized spacial score (nSPS) is 27.4. The highest BCUT2D eigenvalue weighted by Gasteiger charge is 2.30. The minimum Gasteiger partial charge on any atom is -0.340 e. The van der Waals surface area contributed by atoms with Crippen molar-refractivity contribution in [2.24, 2.45) is 11.8 Å². The molecule has 3 aliphatic rings. The van der Waals surface area contributed by atoms with E-state index in [1.807, 2.05) is 0 Å². The fraction of sp³-hybridized carbons (Fsp3) is 0.941. The number of nitrogens with one attached hydrogen (secondary N) is 1. The molecule has 0 aromatic carbocycles. The zero-order chi connectivity index (χ0) is 14.7. The third-order valence-corrected chi connectivity index (χ3v) is 5.94. The Morgan fingerprint density at radius 3 is 2.33 bits per heavy atom. The molecule has 0 aromatic rings. The van der Waals surface area contributed by atoms with Crippen LogP contribution in [-0.4, -0.2) is 61.0 Å². The molecular weight excluding hydrogens is 262 g/mol. The molecule has 2 saturated heterocycles. The Kier molecular flexibility index (Phi) is 5.17. The largest absolute Gasteiger partial charge is 0.340 e. The Hall–Kier alpha value is -0.610. The first kappa shape index (κ1) is 15.3. The number of hydrogen-bond donors (Lipinski definition) is 1. The SMILES string of the molecule is CC(CC(=O)N1CCN(C2CCC2)CC1)C1CCNCC1. The van der Waals surface area contributed by atoms with E-state index >= 15 is 0 Å². The monoisotopic (exact) mass is 293 g/mol. The molecule has 1 N–H and O–H groups in total. The molecule has 1 saturated carbocycles. The molecule has 0 spiro atoms. The van der Waals surface area contributed by atoms with E-state index in [0.29, 0.717) is 11.8 Å². The standard InChI is InChI=1S/C17H31N3O/c1-14(15-5-7-18-8-6-15)13-17(21)20-11-9-19(10-12-20)16-3-2-4-16/h14-16,18H,2-13H2,1H3. The van der Waals surface area contributed by atoms with E-state index in [0.717, 1.165) is 57.6 Å². The number of hydrogen-bond acceptors (Lipinski definition) is 3. The van der Waals surface area contributed by atoms with E-state index in [9.17, 15) is 4.79 Å². The summed E-state index contributed by atoms with van der Waals surface area (Å²) >= 11 is 0. The summed E-state index contributed by atoms with van der Waals surface area (Å²) in [7, 11) is 0. The Labute approximate surface area is 129 Å². The summed E-state index contributed by atoms with van der Waals surface area (Å²) in [5.41, 5.74) is 0. The first-order valence-corrected chi connectivity index (χ1v) is 8.96. The smallest absolute Gasteiger partial charge is 0.222 e. The highest BCUT2D eigenvalue weighted by Crippen LogP contribution is 2.27. The van der Waals surface area contributed by atoms with E-state index in [-0.39, 0.29) is 0 Å². The van der Waals surface area contributed by atoms with Crippen molar-refractivity contribution in [3.05, 3.63) is 0 Å². The van der Waals surface area contributed by atoms with Crippen LogP contribution in [0.5, 0.6) is 0 Å². The number of carbonyl (C=O) groups is 1. The van der Waals surface area contributed by atoms with Gasteiger partial charge in [-0.15, -0.1) is 0 Å². The fourth-order valence-corrected chi connectivity index (χ4v) is 4.07. The van der Waals surface area contributed by atoms with Gasteiger partial charge in [-0.3, -0.25) is 9.69 Å². The maximum Gasteiger partial charge on any atom is 0.222 e. The van der Waals surface area contributed by atoms with E-state index < -0.39 is 0 Å². The molecule has 120 valence electrons. The van der Waals surface area contributed by atoms with Crippen LogP contribution in [0, 0.1) is 11.8 Å². The molecule has 4 heteroatoms. The number of carbonyl (C=O) groups excluding carboxylic acids is 1. The Balaban J connectivity index is 1.41. The highest BCUT2D eigenvalue weighted by atomic mass is 16.2. The minimum atomic E-state index is 0.397. The molecule has 3 fully saturated rings. The van der Waals surface area contributed by atoms with Crippen molar-refractivity contribution >= 4 is 5.91 Å². The van der Waals surface area contributed by atoms with E-state index in [1.54, 1.807) is 0 Å². The summed E-state index contributed by atoms with van der Waals surface area (Å²) < 4.78 is 0. The van der Waals surface area contributed by atoms with Crippen molar-refractivity contribution in [1.29, 1.82) is 0 Å². The van der Waals surface area contributed by atoms with Crippen molar-refractivity contribution in [2.45, 2.75) is 51.5 Å². The van der Waals surface area contributed by atoms with Crippen molar-refractivity contribution < 1.29 is 4.79 Å². The zero-order valence-corrected chi connectivity index (χ0v) is 13.5. The highest BCUT2D eigenvalue weighted by molar-refractivity contribution is 5.76. The van der Waals surface area contributed by atoms with Crippen molar-refractivity contribution in [1.82, 2.24) is 15.1 Å². The number of piperazine rings is 1. The van der Waals surface area contributed by atoms with Gasteiger partial charge >= 0.3 is 0 Å². The Morgan fingerprint density at radius 2 is 1.76 bits per heavy atom. The van der Waals surface area contributed by atoms with Gasteiger partial charge in [0.05, 0.1) is 0 Å². The third kappa shape index (κ3) is 3.78. The van der Waals surface area contributed by atoms with Gasteiger partial charge in [0.1, 0.15) is 0 Å². The van der Waals surface area contributed by atoms with Gasteiger partial charge in [-0.1, -0.05) is 13.3 Å². The van der Waals surface area contributed by atoms with Crippen LogP contribution >= 0.6 is 0 Å². The predicted octanol–water partition coefficient (Wildman–Crippen LogP) is 1.71. The topological polar surface area (TPSA) is 35.6 Å². The summed E-state index contributed by atoms with van der Waals surface area (Å²) in [5.74, 6) is 1.69. The lowest BCUT2D eigenvalue weighted by molar-refractivity contribution is -0.135. The van der Waals surface area contributed by atoms with Crippen LogP contribution in [0.15, 0.2) is 0 Å². The molecule has 2 aliphatic heterocycles. The molecule has 1 unspecified atom stereocenters.